The van der Waals surface area contributed by atoms with Gasteiger partial charge < -0.3 is 4.42 Å². The van der Waals surface area contributed by atoms with Gasteiger partial charge in [0, 0.05) is 32.9 Å². The molecule has 0 amide bonds. The van der Waals surface area contributed by atoms with Crippen molar-refractivity contribution in [3.63, 3.8) is 0 Å². The summed E-state index contributed by atoms with van der Waals surface area (Å²) in [5.41, 5.74) is 12.1. The molecule has 2 aromatic heterocycles. The minimum Gasteiger partial charge on any atom is -0.456 e. The summed E-state index contributed by atoms with van der Waals surface area (Å²) in [5, 5.41) is 2.03. The highest BCUT2D eigenvalue weighted by atomic mass is 16.3. The van der Waals surface area contributed by atoms with Gasteiger partial charge in [-0.05, 0) is 51.6 Å². The van der Waals surface area contributed by atoms with Crippen LogP contribution in [0.15, 0.2) is 144 Å². The van der Waals surface area contributed by atoms with Crippen molar-refractivity contribution in [1.29, 1.82) is 0 Å². The van der Waals surface area contributed by atoms with Gasteiger partial charge in [-0.1, -0.05) is 135 Å². The zero-order chi connectivity index (χ0) is 30.8. The maximum atomic E-state index is 6.45. The van der Waals surface area contributed by atoms with Gasteiger partial charge in [0.25, 0.3) is 0 Å². The molecule has 4 nitrogen and oxygen atoms in total. The van der Waals surface area contributed by atoms with Gasteiger partial charge in [0.1, 0.15) is 11.2 Å². The molecular weight excluding hydrogens is 562 g/mol. The normalized spacial score (nSPS) is 13.2. The molecule has 1 aliphatic carbocycles. The van der Waals surface area contributed by atoms with Crippen LogP contribution >= 0.6 is 0 Å². The Morgan fingerprint density at radius 1 is 0.457 bits per heavy atom. The van der Waals surface area contributed by atoms with Gasteiger partial charge in [-0.2, -0.15) is 0 Å². The summed E-state index contributed by atoms with van der Waals surface area (Å²) in [6.45, 7) is 4.64. The fourth-order valence-electron chi connectivity index (χ4n) is 7.10. The number of benzene rings is 6. The van der Waals surface area contributed by atoms with Crippen molar-refractivity contribution in [3.8, 4) is 56.4 Å². The van der Waals surface area contributed by atoms with E-state index in [1.54, 1.807) is 0 Å². The van der Waals surface area contributed by atoms with Crippen LogP contribution in [0, 0.1) is 0 Å². The lowest BCUT2D eigenvalue weighted by atomic mass is 9.82. The highest BCUT2D eigenvalue weighted by molar-refractivity contribution is 6.13. The van der Waals surface area contributed by atoms with Crippen LogP contribution in [0.1, 0.15) is 25.0 Å². The monoisotopic (exact) mass is 591 g/mol. The van der Waals surface area contributed by atoms with Crippen molar-refractivity contribution in [1.82, 2.24) is 15.0 Å². The maximum Gasteiger partial charge on any atom is 0.164 e. The van der Waals surface area contributed by atoms with Crippen LogP contribution in [-0.4, -0.2) is 15.0 Å². The summed E-state index contributed by atoms with van der Waals surface area (Å²) in [4.78, 5) is 15.0. The number of nitrogens with zero attached hydrogens (tertiary/aromatic N) is 3. The molecule has 8 aromatic rings. The largest absolute Gasteiger partial charge is 0.456 e. The Hall–Kier alpha value is -5.87. The van der Waals surface area contributed by atoms with Crippen LogP contribution in [0.25, 0.3) is 78.4 Å². The molecule has 0 aliphatic heterocycles. The molecule has 0 N–H and O–H groups in total. The van der Waals surface area contributed by atoms with Crippen molar-refractivity contribution >= 4 is 21.9 Å². The van der Waals surface area contributed by atoms with Crippen LogP contribution in [0.2, 0.25) is 0 Å². The second kappa shape index (κ2) is 10.1. The molecule has 0 saturated heterocycles. The first-order chi connectivity index (χ1) is 22.6. The van der Waals surface area contributed by atoms with E-state index in [1.165, 1.54) is 27.8 Å². The summed E-state index contributed by atoms with van der Waals surface area (Å²) in [6.07, 6.45) is 0. The van der Waals surface area contributed by atoms with Crippen molar-refractivity contribution in [2.75, 3.05) is 0 Å². The summed E-state index contributed by atoms with van der Waals surface area (Å²) in [6, 6.07) is 48.3. The molecular formula is C42H29N3O. The molecule has 0 saturated carbocycles. The highest BCUT2D eigenvalue weighted by Gasteiger charge is 2.36. The maximum absolute atomic E-state index is 6.45. The quantitative estimate of drug-likeness (QED) is 0.204. The number of aromatic nitrogens is 3. The molecule has 0 bridgehead atoms. The molecule has 0 spiro atoms. The Morgan fingerprint density at radius 2 is 1.04 bits per heavy atom. The summed E-state index contributed by atoms with van der Waals surface area (Å²) < 4.78 is 6.45. The lowest BCUT2D eigenvalue weighted by Gasteiger charge is -2.21. The molecule has 1 aliphatic rings. The Morgan fingerprint density at radius 3 is 1.78 bits per heavy atom. The fraction of sp³-hybridized carbons (Fsp3) is 0.0714. The van der Waals surface area contributed by atoms with Crippen molar-refractivity contribution in [3.05, 3.63) is 151 Å². The zero-order valence-corrected chi connectivity index (χ0v) is 25.5. The van der Waals surface area contributed by atoms with Crippen molar-refractivity contribution < 1.29 is 4.42 Å². The molecule has 4 heteroatoms. The molecule has 0 atom stereocenters. The summed E-state index contributed by atoms with van der Waals surface area (Å²) in [5.74, 6) is 1.88. The minimum absolute atomic E-state index is 0.0624. The third-order valence-electron chi connectivity index (χ3n) is 9.35. The number of hydrogen-bond acceptors (Lipinski definition) is 4. The second-order valence-electron chi connectivity index (χ2n) is 12.4. The van der Waals surface area contributed by atoms with Crippen molar-refractivity contribution in [2.24, 2.45) is 0 Å². The van der Waals surface area contributed by atoms with Crippen LogP contribution in [0.3, 0.4) is 0 Å². The smallest absolute Gasteiger partial charge is 0.164 e. The van der Waals surface area contributed by atoms with Gasteiger partial charge in [0.2, 0.25) is 0 Å². The molecule has 9 rings (SSSR count). The predicted octanol–water partition coefficient (Wildman–Crippen LogP) is 10.7. The first-order valence-electron chi connectivity index (χ1n) is 15.6. The van der Waals surface area contributed by atoms with Gasteiger partial charge in [-0.25, -0.2) is 15.0 Å². The Bertz CT molecular complexity index is 2380. The Balaban J connectivity index is 1.27. The lowest BCUT2D eigenvalue weighted by molar-refractivity contribution is 0.660. The van der Waals surface area contributed by atoms with Gasteiger partial charge in [0.15, 0.2) is 17.5 Å². The van der Waals surface area contributed by atoms with Gasteiger partial charge in [0.05, 0.1) is 0 Å². The van der Waals surface area contributed by atoms with Crippen LogP contribution < -0.4 is 0 Å². The van der Waals surface area contributed by atoms with E-state index >= 15 is 0 Å². The molecule has 218 valence electrons. The highest BCUT2D eigenvalue weighted by Crippen LogP contribution is 2.52. The lowest BCUT2D eigenvalue weighted by Crippen LogP contribution is -2.14. The molecule has 0 unspecified atom stereocenters. The molecule has 6 aromatic carbocycles. The SMILES string of the molecule is CC1(C)c2ccccc2-c2c(-c3ccc4oc5cccc(-c6nc(-c7ccccc7)nc(-c7ccccc7)n6)c5c4c3)cccc21. The van der Waals surface area contributed by atoms with Gasteiger partial charge in [-0.15, -0.1) is 0 Å². The standard InChI is InChI=1S/C42H29N3O/c1-42(2)33-20-10-9-17-30(33)37-29(18-11-21-34(37)42)28-23-24-35-32(25-28)38-31(19-12-22-36(38)46-35)41-44-39(26-13-5-3-6-14-26)43-40(45-41)27-15-7-4-8-16-27/h3-25H,1-2H3. The Labute approximate surface area is 267 Å². The Kier molecular flexibility index (Phi) is 5.81. The van der Waals surface area contributed by atoms with E-state index in [4.69, 9.17) is 19.4 Å². The fourth-order valence-corrected chi connectivity index (χ4v) is 7.10. The molecule has 2 heterocycles. The zero-order valence-electron chi connectivity index (χ0n) is 25.5. The summed E-state index contributed by atoms with van der Waals surface area (Å²) in [7, 11) is 0. The number of furan rings is 1. The van der Waals surface area contributed by atoms with E-state index < -0.39 is 0 Å². The van der Waals surface area contributed by atoms with E-state index in [9.17, 15) is 0 Å². The summed E-state index contributed by atoms with van der Waals surface area (Å²) >= 11 is 0. The average Bonchev–Trinajstić information content (AvgIpc) is 3.61. The first-order valence-corrected chi connectivity index (χ1v) is 15.6. The number of rotatable bonds is 4. The van der Waals surface area contributed by atoms with Gasteiger partial charge >= 0.3 is 0 Å². The van der Waals surface area contributed by atoms with Crippen molar-refractivity contribution in [2.45, 2.75) is 19.3 Å². The van der Waals surface area contributed by atoms with Crippen LogP contribution in [0.5, 0.6) is 0 Å². The third kappa shape index (κ3) is 4.04. The topological polar surface area (TPSA) is 51.8 Å². The van der Waals surface area contributed by atoms with E-state index in [0.29, 0.717) is 17.5 Å². The average molecular weight is 592 g/mol. The third-order valence-corrected chi connectivity index (χ3v) is 9.35. The van der Waals surface area contributed by atoms with E-state index in [-0.39, 0.29) is 5.41 Å². The van der Waals surface area contributed by atoms with E-state index in [2.05, 4.69) is 80.6 Å². The number of fused-ring (bicyclic) bond motifs is 6. The van der Waals surface area contributed by atoms with E-state index in [0.717, 1.165) is 44.2 Å². The predicted molar refractivity (Wildman–Crippen MR) is 186 cm³/mol. The van der Waals surface area contributed by atoms with Crippen LogP contribution in [0.4, 0.5) is 0 Å². The molecule has 0 radical (unpaired) electrons. The van der Waals surface area contributed by atoms with E-state index in [1.807, 2.05) is 72.8 Å². The first kappa shape index (κ1) is 26.5. The minimum atomic E-state index is -0.0624. The van der Waals surface area contributed by atoms with Crippen LogP contribution in [-0.2, 0) is 5.41 Å². The second-order valence-corrected chi connectivity index (χ2v) is 12.4. The number of hydrogen-bond donors (Lipinski definition) is 0. The van der Waals surface area contributed by atoms with Gasteiger partial charge in [-0.3, -0.25) is 0 Å². The molecule has 0 fully saturated rings. The molecule has 46 heavy (non-hydrogen) atoms.